The van der Waals surface area contributed by atoms with Crippen molar-refractivity contribution in [1.82, 2.24) is 4.57 Å². The summed E-state index contributed by atoms with van der Waals surface area (Å²) in [5, 5.41) is 2.74. The summed E-state index contributed by atoms with van der Waals surface area (Å²) >= 11 is 0. The number of carbonyl (C=O) groups excluding carboxylic acids is 1. The molecule has 2 atom stereocenters. The summed E-state index contributed by atoms with van der Waals surface area (Å²) in [5.41, 5.74) is 1.20. The van der Waals surface area contributed by atoms with Crippen LogP contribution in [0.3, 0.4) is 0 Å². The zero-order chi connectivity index (χ0) is 12.4. The van der Waals surface area contributed by atoms with Gasteiger partial charge in [0.1, 0.15) is 12.2 Å². The second-order valence-corrected chi connectivity index (χ2v) is 5.41. The molecule has 0 radical (unpaired) electrons. The van der Waals surface area contributed by atoms with Crippen LogP contribution in [0.15, 0.2) is 17.1 Å². The van der Waals surface area contributed by atoms with Crippen LogP contribution in [0.4, 0.5) is 11.4 Å². The number of hydrogen-bond donors (Lipinski definition) is 1. The molecule has 0 saturated heterocycles. The number of rotatable bonds is 3. The minimum absolute atomic E-state index is 0.0284. The van der Waals surface area contributed by atoms with E-state index < -0.39 is 0 Å². The van der Waals surface area contributed by atoms with Crippen LogP contribution < -0.4 is 15.5 Å². The van der Waals surface area contributed by atoms with Crippen LogP contribution in [-0.2, 0) is 11.3 Å². The van der Waals surface area contributed by atoms with Crippen molar-refractivity contribution in [3.63, 3.8) is 0 Å². The average molecular weight is 271 g/mol. The molecule has 1 aromatic heterocycles. The second-order valence-electron chi connectivity index (χ2n) is 3.84. The minimum atomic E-state index is -0.0694. The van der Waals surface area contributed by atoms with Crippen molar-refractivity contribution >= 4 is 34.6 Å². The first-order chi connectivity index (χ1) is 8.17. The molecule has 0 saturated carbocycles. The molecule has 5 nitrogen and oxygen atoms in total. The molecular formula is C10H15N3O2P2. The fourth-order valence-electron chi connectivity index (χ4n) is 1.86. The largest absolute Gasteiger partial charge is 0.334 e. The molecule has 1 aliphatic heterocycles. The van der Waals surface area contributed by atoms with Gasteiger partial charge in [0.2, 0.25) is 5.91 Å². The van der Waals surface area contributed by atoms with Gasteiger partial charge in [-0.05, 0) is 20.9 Å². The lowest BCUT2D eigenvalue weighted by Crippen LogP contribution is -2.38. The predicted octanol–water partition coefficient (Wildman–Crippen LogP) is 1.40. The smallest absolute Gasteiger partial charge is 0.276 e. The van der Waals surface area contributed by atoms with E-state index in [0.29, 0.717) is 26.3 Å². The van der Waals surface area contributed by atoms with E-state index in [-0.39, 0.29) is 18.0 Å². The van der Waals surface area contributed by atoms with E-state index in [4.69, 9.17) is 0 Å². The third kappa shape index (κ3) is 2.36. The highest BCUT2D eigenvalue weighted by molar-refractivity contribution is 8.03. The van der Waals surface area contributed by atoms with Crippen molar-refractivity contribution in [2.75, 3.05) is 16.5 Å². The number of hydrogen-bond acceptors (Lipinski definition) is 3. The lowest BCUT2D eigenvalue weighted by molar-refractivity contribution is -0.114. The predicted molar refractivity (Wildman–Crippen MR) is 75.0 cm³/mol. The summed E-state index contributed by atoms with van der Waals surface area (Å²) < 4.78 is 3.50. The van der Waals surface area contributed by atoms with Crippen molar-refractivity contribution < 1.29 is 4.79 Å². The molecule has 0 fully saturated rings. The average Bonchev–Trinajstić information content (AvgIpc) is 2.31. The molecule has 0 aromatic carbocycles. The van der Waals surface area contributed by atoms with Crippen LogP contribution in [0, 0.1) is 0 Å². The fraction of sp³-hybridized carbons (Fsp3) is 0.400. The van der Waals surface area contributed by atoms with Gasteiger partial charge in [0.25, 0.3) is 5.56 Å². The van der Waals surface area contributed by atoms with Gasteiger partial charge >= 0.3 is 0 Å². The van der Waals surface area contributed by atoms with Crippen LogP contribution >= 0.6 is 17.3 Å². The Morgan fingerprint density at radius 3 is 2.94 bits per heavy atom. The molecular weight excluding hydrogens is 256 g/mol. The Bertz CT molecular complexity index is 501. The van der Waals surface area contributed by atoms with E-state index in [2.05, 4.69) is 14.2 Å². The van der Waals surface area contributed by atoms with Gasteiger partial charge in [-0.2, -0.15) is 0 Å². The third-order valence-electron chi connectivity index (χ3n) is 2.61. The summed E-state index contributed by atoms with van der Waals surface area (Å²) in [7, 11) is 2.91. The van der Waals surface area contributed by atoms with E-state index in [1.807, 2.05) is 11.6 Å². The van der Waals surface area contributed by atoms with Crippen molar-refractivity contribution in [2.45, 2.75) is 19.9 Å². The van der Waals surface area contributed by atoms with E-state index >= 15 is 0 Å². The topological polar surface area (TPSA) is 54.3 Å². The van der Waals surface area contributed by atoms with E-state index in [1.165, 1.54) is 0 Å². The molecule has 1 aliphatic rings. The third-order valence-corrected chi connectivity index (χ3v) is 4.23. The van der Waals surface area contributed by atoms with Crippen LogP contribution in [0.25, 0.3) is 0 Å². The molecule has 92 valence electrons. The zero-order valence-corrected chi connectivity index (χ0v) is 11.7. The Kier molecular flexibility index (Phi) is 3.80. The molecule has 2 rings (SSSR count). The summed E-state index contributed by atoms with van der Waals surface area (Å²) in [6.45, 7) is 2.98. The number of nitrogens with zero attached hydrogens (tertiary/aromatic N) is 2. The van der Waals surface area contributed by atoms with Crippen LogP contribution in [-0.4, -0.2) is 17.0 Å². The first-order valence-corrected chi connectivity index (χ1v) is 8.20. The molecule has 1 amide bonds. The van der Waals surface area contributed by atoms with E-state index in [0.717, 1.165) is 6.42 Å². The number of aryl methyl sites for hydroxylation is 1. The maximum absolute atomic E-state index is 12.2. The fourth-order valence-corrected chi connectivity index (χ4v) is 3.10. The normalized spacial score (nSPS) is 15.2. The van der Waals surface area contributed by atoms with Crippen molar-refractivity contribution in [3.8, 4) is 0 Å². The quantitative estimate of drug-likeness (QED) is 0.845. The Labute approximate surface area is 104 Å². The van der Waals surface area contributed by atoms with Gasteiger partial charge in [0.05, 0.1) is 5.69 Å². The van der Waals surface area contributed by atoms with Gasteiger partial charge in [0, 0.05) is 12.7 Å². The van der Waals surface area contributed by atoms with Crippen molar-refractivity contribution in [2.24, 2.45) is 0 Å². The first kappa shape index (κ1) is 12.5. The first-order valence-electron chi connectivity index (χ1n) is 5.44. The standard InChI is InChI=1S/C10H15N3O2P2/c1-2-4-12-5-3-7-9(10(12)15)13(17-16)6-8(14)11-7/h3,5,17H,2,4,6,16H2,1H3,(H,11,14). The number of pyridine rings is 1. The summed E-state index contributed by atoms with van der Waals surface area (Å²) in [6.07, 6.45) is 2.65. The van der Waals surface area contributed by atoms with Gasteiger partial charge in [-0.3, -0.25) is 9.59 Å². The number of anilines is 2. The van der Waals surface area contributed by atoms with Crippen LogP contribution in [0.2, 0.25) is 0 Å². The Hall–Kier alpha value is -0.920. The molecule has 0 bridgehead atoms. The molecule has 0 aliphatic carbocycles. The van der Waals surface area contributed by atoms with Gasteiger partial charge < -0.3 is 14.6 Å². The lowest BCUT2D eigenvalue weighted by Gasteiger charge is -2.29. The summed E-state index contributed by atoms with van der Waals surface area (Å²) in [6, 6.07) is 1.79. The highest BCUT2D eigenvalue weighted by atomic mass is 32.0. The lowest BCUT2D eigenvalue weighted by atomic mass is 10.2. The zero-order valence-electron chi connectivity index (χ0n) is 9.56. The molecule has 7 heteroatoms. The van der Waals surface area contributed by atoms with Gasteiger partial charge in [-0.1, -0.05) is 15.9 Å². The second kappa shape index (κ2) is 5.16. The number of carbonyl (C=O) groups is 1. The molecule has 1 aromatic rings. The molecule has 2 heterocycles. The monoisotopic (exact) mass is 271 g/mol. The van der Waals surface area contributed by atoms with Gasteiger partial charge in [0.15, 0.2) is 0 Å². The van der Waals surface area contributed by atoms with Crippen LogP contribution in [0.5, 0.6) is 0 Å². The highest BCUT2D eigenvalue weighted by Crippen LogP contribution is 2.37. The molecule has 1 N–H and O–H groups in total. The maximum Gasteiger partial charge on any atom is 0.276 e. The number of amides is 1. The number of nitrogens with one attached hydrogen (secondary N) is 1. The van der Waals surface area contributed by atoms with Gasteiger partial charge in [-0.25, -0.2) is 0 Å². The molecule has 0 spiro atoms. The minimum Gasteiger partial charge on any atom is -0.334 e. The van der Waals surface area contributed by atoms with Crippen LogP contribution in [0.1, 0.15) is 13.3 Å². The highest BCUT2D eigenvalue weighted by Gasteiger charge is 2.24. The van der Waals surface area contributed by atoms with Gasteiger partial charge in [-0.15, -0.1) is 0 Å². The number of fused-ring (bicyclic) bond motifs is 1. The Morgan fingerprint density at radius 1 is 1.53 bits per heavy atom. The van der Waals surface area contributed by atoms with Crippen molar-refractivity contribution in [3.05, 3.63) is 22.6 Å². The summed E-state index contributed by atoms with van der Waals surface area (Å²) in [4.78, 5) is 23.7. The Morgan fingerprint density at radius 2 is 2.29 bits per heavy atom. The van der Waals surface area contributed by atoms with E-state index in [1.54, 1.807) is 16.8 Å². The SMILES string of the molecule is CCCn1ccc2c(c1=O)N(PP)CC(=O)N2. The maximum atomic E-state index is 12.2. The van der Waals surface area contributed by atoms with E-state index in [9.17, 15) is 9.59 Å². The Balaban J connectivity index is 2.52. The molecule has 2 unspecified atom stereocenters. The summed E-state index contributed by atoms with van der Waals surface area (Å²) in [5.74, 6) is -0.0694. The number of aromatic nitrogens is 1. The molecule has 17 heavy (non-hydrogen) atoms. The van der Waals surface area contributed by atoms with Crippen molar-refractivity contribution in [1.29, 1.82) is 0 Å².